The Hall–Kier alpha value is -1.84. The van der Waals surface area contributed by atoms with E-state index in [9.17, 15) is 4.39 Å². The highest BCUT2D eigenvalue weighted by molar-refractivity contribution is 5.78. The van der Waals surface area contributed by atoms with E-state index in [4.69, 9.17) is 5.73 Å². The number of halogens is 1. The van der Waals surface area contributed by atoms with Crippen LogP contribution in [0.3, 0.4) is 0 Å². The fourth-order valence-corrected chi connectivity index (χ4v) is 3.44. The van der Waals surface area contributed by atoms with Crippen molar-refractivity contribution in [2.75, 3.05) is 5.73 Å². The Labute approximate surface area is 118 Å². The predicted molar refractivity (Wildman–Crippen MR) is 78.7 cm³/mol. The molecular weight excluding hydrogens is 253 g/mol. The molecule has 1 aliphatic rings. The number of rotatable bonds is 2. The minimum Gasteiger partial charge on any atom is -0.382 e. The maximum absolute atomic E-state index is 14.1. The van der Waals surface area contributed by atoms with Crippen LogP contribution in [0, 0.1) is 16.6 Å². The number of nitrogens with zero attached hydrogens (tertiary/aromatic N) is 1. The molecule has 1 saturated carbocycles. The summed E-state index contributed by atoms with van der Waals surface area (Å²) >= 11 is 0. The zero-order chi connectivity index (χ0) is 14.7. The number of nitrogens with two attached hydrogens (primary N) is 1. The summed E-state index contributed by atoms with van der Waals surface area (Å²) in [7, 11) is 0. The van der Waals surface area contributed by atoms with Crippen LogP contribution in [0.4, 0.5) is 10.2 Å². The lowest BCUT2D eigenvalue weighted by Crippen LogP contribution is -1.95. The van der Waals surface area contributed by atoms with Crippen LogP contribution in [0.25, 0.3) is 11.1 Å². The van der Waals surface area contributed by atoms with Gasteiger partial charge in [0.25, 0.3) is 0 Å². The summed E-state index contributed by atoms with van der Waals surface area (Å²) in [4.78, 5) is 0. The molecule has 0 unspecified atom stereocenters. The van der Waals surface area contributed by atoms with E-state index in [1.807, 2.05) is 6.07 Å². The summed E-state index contributed by atoms with van der Waals surface area (Å²) in [6.07, 6.45) is 0. The van der Waals surface area contributed by atoms with Crippen molar-refractivity contribution in [3.8, 4) is 11.1 Å². The van der Waals surface area contributed by atoms with Gasteiger partial charge in [0.2, 0.25) is 0 Å². The number of aromatic nitrogens is 2. The number of anilines is 1. The van der Waals surface area contributed by atoms with Crippen LogP contribution in [0.1, 0.15) is 39.3 Å². The Morgan fingerprint density at radius 1 is 1.15 bits per heavy atom. The Kier molecular flexibility index (Phi) is 2.53. The van der Waals surface area contributed by atoms with Gasteiger partial charge in [0.15, 0.2) is 5.82 Å². The molecule has 3 N–H and O–H groups in total. The SMILES string of the molecule is CC1(C)C(c2[nH]nc(N)c2-c2ccccc2F)C1(C)C. The first-order valence-corrected chi connectivity index (χ1v) is 6.87. The predicted octanol–water partition coefficient (Wildman–Crippen LogP) is 3.95. The van der Waals surface area contributed by atoms with E-state index in [0.717, 1.165) is 5.69 Å². The highest BCUT2D eigenvalue weighted by atomic mass is 19.1. The third-order valence-corrected chi connectivity index (χ3v) is 5.27. The van der Waals surface area contributed by atoms with Crippen LogP contribution >= 0.6 is 0 Å². The fourth-order valence-electron chi connectivity index (χ4n) is 3.44. The van der Waals surface area contributed by atoms with E-state index in [1.54, 1.807) is 12.1 Å². The van der Waals surface area contributed by atoms with Gasteiger partial charge >= 0.3 is 0 Å². The average molecular weight is 273 g/mol. The van der Waals surface area contributed by atoms with E-state index in [2.05, 4.69) is 37.9 Å². The van der Waals surface area contributed by atoms with Gasteiger partial charge in [-0.1, -0.05) is 45.9 Å². The highest BCUT2D eigenvalue weighted by Gasteiger charge is 2.66. The topological polar surface area (TPSA) is 54.7 Å². The summed E-state index contributed by atoms with van der Waals surface area (Å²) in [5.41, 5.74) is 8.45. The lowest BCUT2D eigenvalue weighted by molar-refractivity contribution is 0.457. The van der Waals surface area contributed by atoms with E-state index < -0.39 is 0 Å². The molecule has 0 aliphatic heterocycles. The number of aromatic amines is 1. The van der Waals surface area contributed by atoms with Crippen LogP contribution in [-0.4, -0.2) is 10.2 Å². The molecule has 4 heteroatoms. The molecule has 3 rings (SSSR count). The van der Waals surface area contributed by atoms with Gasteiger partial charge in [-0.15, -0.1) is 0 Å². The molecule has 106 valence electrons. The Bertz CT molecular complexity index is 656. The average Bonchev–Trinajstić information content (AvgIpc) is 2.65. The van der Waals surface area contributed by atoms with Gasteiger partial charge < -0.3 is 5.73 Å². The van der Waals surface area contributed by atoms with Crippen LogP contribution in [0.2, 0.25) is 0 Å². The number of nitrogen functional groups attached to an aromatic ring is 1. The van der Waals surface area contributed by atoms with Crippen LogP contribution in [-0.2, 0) is 0 Å². The molecule has 0 spiro atoms. The number of H-pyrrole nitrogens is 1. The monoisotopic (exact) mass is 273 g/mol. The summed E-state index contributed by atoms with van der Waals surface area (Å²) in [6.45, 7) is 8.89. The van der Waals surface area contributed by atoms with Crippen molar-refractivity contribution in [1.29, 1.82) is 0 Å². The number of nitrogens with one attached hydrogen (secondary N) is 1. The van der Waals surface area contributed by atoms with Crippen LogP contribution in [0.15, 0.2) is 24.3 Å². The zero-order valence-corrected chi connectivity index (χ0v) is 12.3. The standard InChI is InChI=1S/C16H20FN3/c1-15(2)13(16(15,3)4)12-11(14(18)20-19-12)9-7-5-6-8-10(9)17/h5-8,13H,1-4H3,(H3,18,19,20). The van der Waals surface area contributed by atoms with E-state index in [-0.39, 0.29) is 16.6 Å². The van der Waals surface area contributed by atoms with Gasteiger partial charge in [-0.25, -0.2) is 4.39 Å². The minimum atomic E-state index is -0.266. The maximum atomic E-state index is 14.1. The maximum Gasteiger partial charge on any atom is 0.153 e. The third-order valence-electron chi connectivity index (χ3n) is 5.27. The van der Waals surface area contributed by atoms with Crippen molar-refractivity contribution in [2.45, 2.75) is 33.6 Å². The van der Waals surface area contributed by atoms with Crippen molar-refractivity contribution in [3.63, 3.8) is 0 Å². The molecule has 1 heterocycles. The first kappa shape index (κ1) is 13.2. The molecule has 1 aliphatic carbocycles. The van der Waals surface area contributed by atoms with Gasteiger partial charge in [0.1, 0.15) is 5.82 Å². The van der Waals surface area contributed by atoms with Crippen molar-refractivity contribution < 1.29 is 4.39 Å². The first-order valence-electron chi connectivity index (χ1n) is 6.87. The summed E-state index contributed by atoms with van der Waals surface area (Å²) < 4.78 is 14.1. The molecular formula is C16H20FN3. The Morgan fingerprint density at radius 3 is 2.30 bits per heavy atom. The molecule has 0 amide bonds. The second-order valence-corrected chi connectivity index (χ2v) is 6.75. The van der Waals surface area contributed by atoms with Crippen molar-refractivity contribution in [2.24, 2.45) is 10.8 Å². The number of hydrogen-bond donors (Lipinski definition) is 2. The Balaban J connectivity index is 2.16. The largest absolute Gasteiger partial charge is 0.382 e. The van der Waals surface area contributed by atoms with Crippen molar-refractivity contribution in [1.82, 2.24) is 10.2 Å². The van der Waals surface area contributed by atoms with Gasteiger partial charge in [-0.3, -0.25) is 5.10 Å². The molecule has 3 nitrogen and oxygen atoms in total. The molecule has 0 radical (unpaired) electrons. The summed E-state index contributed by atoms with van der Waals surface area (Å²) in [6, 6.07) is 6.70. The molecule has 20 heavy (non-hydrogen) atoms. The fraction of sp³-hybridized carbons (Fsp3) is 0.438. The molecule has 1 aromatic heterocycles. The van der Waals surface area contributed by atoms with Crippen LogP contribution in [0.5, 0.6) is 0 Å². The quantitative estimate of drug-likeness (QED) is 0.870. The lowest BCUT2D eigenvalue weighted by Gasteiger charge is -2.07. The van der Waals surface area contributed by atoms with Gasteiger partial charge in [-0.05, 0) is 16.9 Å². The molecule has 1 fully saturated rings. The minimum absolute atomic E-state index is 0.145. The van der Waals surface area contributed by atoms with Gasteiger partial charge in [-0.2, -0.15) is 5.10 Å². The van der Waals surface area contributed by atoms with Gasteiger partial charge in [0.05, 0.1) is 0 Å². The molecule has 2 aromatic rings. The van der Waals surface area contributed by atoms with E-state index >= 15 is 0 Å². The summed E-state index contributed by atoms with van der Waals surface area (Å²) in [5, 5.41) is 7.14. The zero-order valence-electron chi connectivity index (χ0n) is 12.3. The smallest absolute Gasteiger partial charge is 0.153 e. The van der Waals surface area contributed by atoms with Crippen molar-refractivity contribution >= 4 is 5.82 Å². The normalized spacial score (nSPS) is 20.1. The molecule has 1 aromatic carbocycles. The second kappa shape index (κ2) is 3.84. The molecule has 0 bridgehead atoms. The molecule has 0 atom stereocenters. The first-order chi connectivity index (χ1) is 9.28. The molecule has 0 saturated heterocycles. The highest BCUT2D eigenvalue weighted by Crippen LogP contribution is 2.74. The number of benzene rings is 1. The summed E-state index contributed by atoms with van der Waals surface area (Å²) in [5.74, 6) is 0.399. The number of hydrogen-bond acceptors (Lipinski definition) is 2. The van der Waals surface area contributed by atoms with E-state index in [0.29, 0.717) is 22.9 Å². The third kappa shape index (κ3) is 1.54. The van der Waals surface area contributed by atoms with Crippen LogP contribution < -0.4 is 5.73 Å². The Morgan fingerprint density at radius 2 is 1.75 bits per heavy atom. The van der Waals surface area contributed by atoms with E-state index in [1.165, 1.54) is 6.07 Å². The van der Waals surface area contributed by atoms with Gasteiger partial charge in [0, 0.05) is 22.7 Å². The lowest BCUT2D eigenvalue weighted by atomic mass is 9.99. The van der Waals surface area contributed by atoms with Crippen molar-refractivity contribution in [3.05, 3.63) is 35.8 Å². The second-order valence-electron chi connectivity index (χ2n) is 6.75.